The maximum absolute atomic E-state index is 13.2. The molecule has 0 unspecified atom stereocenters. The minimum atomic E-state index is -0.993. The van der Waals surface area contributed by atoms with Crippen LogP contribution in [0.25, 0.3) is 11.1 Å². The lowest BCUT2D eigenvalue weighted by atomic mass is 9.98. The van der Waals surface area contributed by atoms with Crippen LogP contribution in [-0.4, -0.2) is 72.8 Å². The van der Waals surface area contributed by atoms with Crippen LogP contribution in [0.5, 0.6) is 0 Å². The summed E-state index contributed by atoms with van der Waals surface area (Å²) in [6, 6.07) is 24.5. The maximum Gasteiger partial charge on any atom is 0.407 e. The van der Waals surface area contributed by atoms with Gasteiger partial charge in [0.2, 0.25) is 11.8 Å². The smallest absolute Gasteiger partial charge is 0.407 e. The van der Waals surface area contributed by atoms with Crippen LogP contribution in [0.1, 0.15) is 41.9 Å². The zero-order valence-electron chi connectivity index (χ0n) is 25.6. The molecule has 46 heavy (non-hydrogen) atoms. The van der Waals surface area contributed by atoms with E-state index >= 15 is 0 Å². The van der Waals surface area contributed by atoms with Crippen LogP contribution in [0.2, 0.25) is 0 Å². The number of ether oxygens (including phenoxy) is 2. The molecule has 10 nitrogen and oxygen atoms in total. The van der Waals surface area contributed by atoms with Crippen LogP contribution < -0.4 is 10.6 Å². The molecule has 2 aliphatic rings. The molecule has 0 fully saturated rings. The second kappa shape index (κ2) is 15.9. The molecule has 1 heterocycles. The number of allylic oxidation sites excluding steroid dienone is 1. The van der Waals surface area contributed by atoms with E-state index in [1.807, 2.05) is 66.7 Å². The lowest BCUT2D eigenvalue weighted by Crippen LogP contribution is -2.43. The van der Waals surface area contributed by atoms with Gasteiger partial charge in [0.15, 0.2) is 0 Å². The van der Waals surface area contributed by atoms with Gasteiger partial charge >= 0.3 is 12.1 Å². The van der Waals surface area contributed by atoms with E-state index in [-0.39, 0.29) is 69.9 Å². The highest BCUT2D eigenvalue weighted by atomic mass is 16.6. The van der Waals surface area contributed by atoms with Crippen molar-refractivity contribution >= 4 is 23.9 Å². The van der Waals surface area contributed by atoms with Crippen molar-refractivity contribution in [2.45, 2.75) is 37.8 Å². The predicted molar refractivity (Wildman–Crippen MR) is 171 cm³/mol. The number of amides is 3. The minimum absolute atomic E-state index is 0.0514. The Balaban J connectivity index is 1.19. The molecule has 3 aromatic carbocycles. The SMILES string of the molecule is O=C(N[C@@H]1C/C=C\C[C@@H](CC(=O)N(CCO)Cc2ccccc2)C(=O)NCCOC1=O)OCC1c2ccccc2-c2ccccc21. The topological polar surface area (TPSA) is 134 Å². The first-order valence-corrected chi connectivity index (χ1v) is 15.6. The number of cyclic esters (lactones) is 1. The summed E-state index contributed by atoms with van der Waals surface area (Å²) in [5.41, 5.74) is 5.32. The van der Waals surface area contributed by atoms with Crippen molar-refractivity contribution in [3.8, 4) is 11.1 Å². The number of nitrogens with zero attached hydrogens (tertiary/aromatic N) is 1. The lowest BCUT2D eigenvalue weighted by Gasteiger charge is -2.24. The number of aliphatic hydroxyl groups excluding tert-OH is 1. The van der Waals surface area contributed by atoms with Crippen molar-refractivity contribution < 1.29 is 33.8 Å². The second-order valence-corrected chi connectivity index (χ2v) is 11.3. The molecular weight excluding hydrogens is 586 g/mol. The van der Waals surface area contributed by atoms with Gasteiger partial charge in [0.25, 0.3) is 0 Å². The second-order valence-electron chi connectivity index (χ2n) is 11.3. The summed E-state index contributed by atoms with van der Waals surface area (Å²) in [6.07, 6.45) is 3.01. The van der Waals surface area contributed by atoms with E-state index < -0.39 is 24.0 Å². The van der Waals surface area contributed by atoms with E-state index in [2.05, 4.69) is 22.8 Å². The highest BCUT2D eigenvalue weighted by Gasteiger charge is 2.30. The maximum atomic E-state index is 13.2. The van der Waals surface area contributed by atoms with Crippen molar-refractivity contribution in [2.75, 3.05) is 32.9 Å². The molecule has 1 aliphatic carbocycles. The molecule has 2 atom stereocenters. The van der Waals surface area contributed by atoms with Crippen molar-refractivity contribution in [3.05, 3.63) is 108 Å². The van der Waals surface area contributed by atoms with Crippen LogP contribution >= 0.6 is 0 Å². The minimum Gasteiger partial charge on any atom is -0.462 e. The van der Waals surface area contributed by atoms with Crippen LogP contribution in [0.4, 0.5) is 4.79 Å². The number of carbonyl (C=O) groups excluding carboxylic acids is 4. The van der Waals surface area contributed by atoms with E-state index in [1.54, 1.807) is 17.1 Å². The standard InChI is InChI=1S/C36H39N3O7/c40-20-19-39(23-25-10-2-1-3-11-25)33(41)22-26-12-4-9-17-32(35(43)45-21-18-37-34(26)42)38-36(44)46-24-31-29-15-7-5-13-27(29)28-14-6-8-16-30(28)31/h1-11,13-16,26,31-32,40H,12,17-24H2,(H,37,42)(H,38,44)/b9-4-/t26-,32+/m0/s1. The third-order valence-electron chi connectivity index (χ3n) is 8.26. The molecule has 0 saturated heterocycles. The zero-order chi connectivity index (χ0) is 32.3. The summed E-state index contributed by atoms with van der Waals surface area (Å²) in [4.78, 5) is 53.4. The van der Waals surface area contributed by atoms with Crippen molar-refractivity contribution in [1.82, 2.24) is 15.5 Å². The number of esters is 1. The molecule has 3 amide bonds. The van der Waals surface area contributed by atoms with Crippen LogP contribution in [-0.2, 0) is 30.4 Å². The van der Waals surface area contributed by atoms with Gasteiger partial charge in [-0.1, -0.05) is 91.0 Å². The third-order valence-corrected chi connectivity index (χ3v) is 8.26. The van der Waals surface area contributed by atoms with Crippen LogP contribution in [0.3, 0.4) is 0 Å². The van der Waals surface area contributed by atoms with Crippen molar-refractivity contribution in [3.63, 3.8) is 0 Å². The average Bonchev–Trinajstić information content (AvgIpc) is 3.39. The first kappa shape index (κ1) is 32.4. The van der Waals surface area contributed by atoms with Gasteiger partial charge in [-0.15, -0.1) is 0 Å². The molecule has 0 bridgehead atoms. The molecule has 5 rings (SSSR count). The number of hydrogen-bond donors (Lipinski definition) is 3. The Hall–Kier alpha value is -4.96. The van der Waals surface area contributed by atoms with Crippen molar-refractivity contribution in [2.24, 2.45) is 5.92 Å². The molecule has 0 aromatic heterocycles. The number of benzene rings is 3. The summed E-state index contributed by atoms with van der Waals surface area (Å²) >= 11 is 0. The average molecular weight is 626 g/mol. The van der Waals surface area contributed by atoms with Gasteiger partial charge in [-0.25, -0.2) is 9.59 Å². The van der Waals surface area contributed by atoms with Crippen LogP contribution in [0, 0.1) is 5.92 Å². The molecule has 0 radical (unpaired) electrons. The highest BCUT2D eigenvalue weighted by Crippen LogP contribution is 2.44. The molecule has 0 spiro atoms. The normalized spacial score (nSPS) is 18.9. The van der Waals surface area contributed by atoms with Gasteiger partial charge in [0, 0.05) is 25.4 Å². The Kier molecular flexibility index (Phi) is 11.2. The lowest BCUT2D eigenvalue weighted by molar-refractivity contribution is -0.146. The molecular formula is C36H39N3O7. The molecule has 0 saturated carbocycles. The molecule has 3 N–H and O–H groups in total. The van der Waals surface area contributed by atoms with Gasteiger partial charge in [-0.05, 0) is 40.7 Å². The van der Waals surface area contributed by atoms with Gasteiger partial charge < -0.3 is 30.1 Å². The largest absolute Gasteiger partial charge is 0.462 e. The van der Waals surface area contributed by atoms with E-state index in [0.29, 0.717) is 6.54 Å². The number of hydrogen-bond acceptors (Lipinski definition) is 7. The van der Waals surface area contributed by atoms with Gasteiger partial charge in [-0.2, -0.15) is 0 Å². The Labute approximate surface area is 268 Å². The van der Waals surface area contributed by atoms with Crippen LogP contribution in [0.15, 0.2) is 91.0 Å². The molecule has 1 aliphatic heterocycles. The number of fused-ring (bicyclic) bond motifs is 3. The Morgan fingerprint density at radius 2 is 1.57 bits per heavy atom. The van der Waals surface area contributed by atoms with Gasteiger partial charge in [0.1, 0.15) is 19.3 Å². The fraction of sp³-hybridized carbons (Fsp3) is 0.333. The fourth-order valence-corrected chi connectivity index (χ4v) is 5.90. The van der Waals surface area contributed by atoms with E-state index in [1.165, 1.54) is 0 Å². The quantitative estimate of drug-likeness (QED) is 0.242. The number of carbonyl (C=O) groups is 4. The number of alkyl carbamates (subject to hydrolysis) is 1. The highest BCUT2D eigenvalue weighted by molar-refractivity contribution is 5.86. The van der Waals surface area contributed by atoms with E-state index in [9.17, 15) is 24.3 Å². The first-order chi connectivity index (χ1) is 22.4. The van der Waals surface area contributed by atoms with E-state index in [0.717, 1.165) is 27.8 Å². The van der Waals surface area contributed by atoms with Crippen molar-refractivity contribution in [1.29, 1.82) is 0 Å². The fourth-order valence-electron chi connectivity index (χ4n) is 5.90. The number of nitrogens with one attached hydrogen (secondary N) is 2. The zero-order valence-corrected chi connectivity index (χ0v) is 25.6. The van der Waals surface area contributed by atoms with E-state index in [4.69, 9.17) is 9.47 Å². The molecule has 10 heteroatoms. The Morgan fingerprint density at radius 3 is 2.26 bits per heavy atom. The molecule has 240 valence electrons. The summed E-state index contributed by atoms with van der Waals surface area (Å²) < 4.78 is 11.0. The monoisotopic (exact) mass is 625 g/mol. The first-order valence-electron chi connectivity index (χ1n) is 15.6. The molecule has 3 aromatic rings. The van der Waals surface area contributed by atoms with Gasteiger partial charge in [0.05, 0.1) is 19.1 Å². The number of rotatable bonds is 9. The van der Waals surface area contributed by atoms with Gasteiger partial charge in [-0.3, -0.25) is 9.59 Å². The Morgan fingerprint density at radius 1 is 0.913 bits per heavy atom. The third kappa shape index (κ3) is 8.19. The summed E-state index contributed by atoms with van der Waals surface area (Å²) in [5, 5.41) is 14.9. The summed E-state index contributed by atoms with van der Waals surface area (Å²) in [7, 11) is 0. The summed E-state index contributed by atoms with van der Waals surface area (Å²) in [5.74, 6) is -2.00. The summed E-state index contributed by atoms with van der Waals surface area (Å²) in [6.45, 7) is 0.347. The Bertz CT molecular complexity index is 1510. The number of aliphatic hydroxyl groups is 1. The predicted octanol–water partition coefficient (Wildman–Crippen LogP) is 3.93.